The Kier molecular flexibility index (Phi) is 5.76. The molecule has 0 unspecified atom stereocenters. The Morgan fingerprint density at radius 1 is 0.870 bits per heavy atom. The molecule has 0 aliphatic rings. The van der Waals surface area contributed by atoms with Crippen molar-refractivity contribution in [2.45, 2.75) is 24.9 Å². The fourth-order valence-corrected chi connectivity index (χ4v) is 2.89. The van der Waals surface area contributed by atoms with Crippen LogP contribution in [0.1, 0.15) is 18.1 Å². The van der Waals surface area contributed by atoms with Crippen LogP contribution >= 0.6 is 0 Å². The van der Waals surface area contributed by atoms with E-state index in [4.69, 9.17) is 0 Å². The van der Waals surface area contributed by atoms with Crippen molar-refractivity contribution in [2.75, 3.05) is 5.75 Å². The van der Waals surface area contributed by atoms with Gasteiger partial charge in [-0.25, -0.2) is 13.2 Å². The number of hydrogen-bond acceptors (Lipinski definition) is 3. The molecule has 2 N–H and O–H groups in total. The molecule has 0 spiro atoms. The Labute approximate surface area is 136 Å². The second-order valence-electron chi connectivity index (χ2n) is 5.07. The van der Waals surface area contributed by atoms with Crippen molar-refractivity contribution in [1.29, 1.82) is 0 Å². The van der Waals surface area contributed by atoms with E-state index in [0.717, 1.165) is 11.1 Å². The third-order valence-electron chi connectivity index (χ3n) is 3.41. The molecule has 0 fully saturated rings. The Balaban J connectivity index is 1.82. The third-order valence-corrected chi connectivity index (χ3v) is 5.16. The average Bonchev–Trinajstić information content (AvgIpc) is 2.59. The molecule has 2 aromatic carbocycles. The summed E-state index contributed by atoms with van der Waals surface area (Å²) in [6, 6.07) is 15.9. The normalized spacial score (nSPS) is 11.0. The zero-order chi connectivity index (χ0) is 16.7. The zero-order valence-electron chi connectivity index (χ0n) is 13.0. The lowest BCUT2D eigenvalue weighted by molar-refractivity contribution is 0.240. The number of benzene rings is 2. The molecule has 5 nitrogen and oxygen atoms in total. The fourth-order valence-electron chi connectivity index (χ4n) is 2.00. The largest absolute Gasteiger partial charge is 0.334 e. The lowest BCUT2D eigenvalue weighted by atomic mass is 10.2. The Morgan fingerprint density at radius 2 is 1.39 bits per heavy atom. The van der Waals surface area contributed by atoms with Crippen LogP contribution in [-0.4, -0.2) is 20.2 Å². The Bertz CT molecular complexity index is 741. The molecule has 0 saturated heterocycles. The van der Waals surface area contributed by atoms with Gasteiger partial charge in [0, 0.05) is 13.1 Å². The number of sulfone groups is 1. The number of hydrogen-bond donors (Lipinski definition) is 2. The van der Waals surface area contributed by atoms with Gasteiger partial charge in [0.2, 0.25) is 0 Å². The van der Waals surface area contributed by atoms with Gasteiger partial charge in [-0.1, -0.05) is 49.4 Å². The molecule has 0 aromatic heterocycles. The van der Waals surface area contributed by atoms with Gasteiger partial charge in [0.1, 0.15) is 0 Å². The third kappa shape index (κ3) is 5.10. The topological polar surface area (TPSA) is 75.3 Å². The van der Waals surface area contributed by atoms with Gasteiger partial charge in [-0.05, 0) is 23.3 Å². The van der Waals surface area contributed by atoms with Gasteiger partial charge in [0.05, 0.1) is 10.6 Å². The molecule has 2 amide bonds. The van der Waals surface area contributed by atoms with Crippen molar-refractivity contribution < 1.29 is 13.2 Å². The van der Waals surface area contributed by atoms with Crippen LogP contribution in [0.3, 0.4) is 0 Å². The van der Waals surface area contributed by atoms with Crippen molar-refractivity contribution in [3.05, 3.63) is 65.7 Å². The summed E-state index contributed by atoms with van der Waals surface area (Å²) in [6.07, 6.45) is 0. The van der Waals surface area contributed by atoms with Crippen molar-refractivity contribution >= 4 is 15.9 Å². The van der Waals surface area contributed by atoms with Crippen LogP contribution in [0.2, 0.25) is 0 Å². The highest BCUT2D eigenvalue weighted by atomic mass is 32.2. The smallest absolute Gasteiger partial charge is 0.315 e. The maximum atomic E-state index is 11.7. The molecule has 2 rings (SSSR count). The first-order valence-corrected chi connectivity index (χ1v) is 9.04. The van der Waals surface area contributed by atoms with E-state index in [1.807, 2.05) is 30.3 Å². The first-order chi connectivity index (χ1) is 11.0. The summed E-state index contributed by atoms with van der Waals surface area (Å²) in [5.74, 6) is 0.0759. The lowest BCUT2D eigenvalue weighted by Crippen LogP contribution is -2.34. The number of nitrogens with one attached hydrogen (secondary N) is 2. The molecule has 0 aliphatic heterocycles. The van der Waals surface area contributed by atoms with Gasteiger partial charge in [-0.3, -0.25) is 0 Å². The van der Waals surface area contributed by atoms with Gasteiger partial charge in [-0.15, -0.1) is 0 Å². The Morgan fingerprint density at radius 3 is 1.91 bits per heavy atom. The van der Waals surface area contributed by atoms with Gasteiger partial charge >= 0.3 is 6.03 Å². The summed E-state index contributed by atoms with van der Waals surface area (Å²) in [5, 5.41) is 5.51. The highest BCUT2D eigenvalue weighted by Crippen LogP contribution is 2.12. The number of rotatable bonds is 6. The summed E-state index contributed by atoms with van der Waals surface area (Å²) in [7, 11) is -3.19. The van der Waals surface area contributed by atoms with Gasteiger partial charge in [0.15, 0.2) is 9.84 Å². The zero-order valence-corrected chi connectivity index (χ0v) is 13.8. The van der Waals surface area contributed by atoms with Gasteiger partial charge in [-0.2, -0.15) is 0 Å². The minimum absolute atomic E-state index is 0.0759. The van der Waals surface area contributed by atoms with Crippen LogP contribution in [0.25, 0.3) is 0 Å². The maximum Gasteiger partial charge on any atom is 0.315 e. The van der Waals surface area contributed by atoms with Crippen LogP contribution in [0, 0.1) is 0 Å². The predicted molar refractivity (Wildman–Crippen MR) is 89.7 cm³/mol. The number of amides is 2. The van der Waals surface area contributed by atoms with Crippen molar-refractivity contribution in [3.63, 3.8) is 0 Å². The average molecular weight is 332 g/mol. The molecule has 0 radical (unpaired) electrons. The van der Waals surface area contributed by atoms with Crippen molar-refractivity contribution in [3.8, 4) is 0 Å². The predicted octanol–water partition coefficient (Wildman–Crippen LogP) is 2.48. The first-order valence-electron chi connectivity index (χ1n) is 7.38. The van der Waals surface area contributed by atoms with Crippen LogP contribution in [-0.2, 0) is 22.9 Å². The Hall–Kier alpha value is -2.34. The minimum Gasteiger partial charge on any atom is -0.334 e. The highest BCUT2D eigenvalue weighted by Gasteiger charge is 2.10. The molecule has 0 aliphatic carbocycles. The maximum absolute atomic E-state index is 11.7. The minimum atomic E-state index is -3.19. The molecule has 23 heavy (non-hydrogen) atoms. The van der Waals surface area contributed by atoms with E-state index in [2.05, 4.69) is 10.6 Å². The van der Waals surface area contributed by atoms with Crippen LogP contribution < -0.4 is 10.6 Å². The second-order valence-corrected chi connectivity index (χ2v) is 7.35. The lowest BCUT2D eigenvalue weighted by Gasteiger charge is -2.08. The standard InChI is InChI=1S/C17H20N2O3S/c1-2-23(21,22)16-10-8-15(9-11-16)13-19-17(20)18-12-14-6-4-3-5-7-14/h3-11H,2,12-13H2,1H3,(H2,18,19,20). The number of carbonyl (C=O) groups is 1. The molecule has 6 heteroatoms. The van der Waals surface area contributed by atoms with Gasteiger partial charge < -0.3 is 10.6 Å². The summed E-state index contributed by atoms with van der Waals surface area (Å²) in [4.78, 5) is 12.0. The fraction of sp³-hybridized carbons (Fsp3) is 0.235. The van der Waals surface area contributed by atoms with Crippen LogP contribution in [0.5, 0.6) is 0 Å². The van der Waals surface area contributed by atoms with Crippen LogP contribution in [0.15, 0.2) is 59.5 Å². The molecule has 0 saturated carbocycles. The summed E-state index contributed by atoms with van der Waals surface area (Å²) in [5.41, 5.74) is 1.87. The van der Waals surface area contributed by atoms with E-state index in [9.17, 15) is 13.2 Å². The van der Waals surface area contributed by atoms with Crippen molar-refractivity contribution in [1.82, 2.24) is 10.6 Å². The van der Waals surface area contributed by atoms with E-state index in [1.165, 1.54) is 0 Å². The molecule has 0 atom stereocenters. The van der Waals surface area contributed by atoms with E-state index in [1.54, 1.807) is 31.2 Å². The summed E-state index contributed by atoms with van der Waals surface area (Å²) < 4.78 is 23.4. The van der Waals surface area contributed by atoms with E-state index < -0.39 is 9.84 Å². The highest BCUT2D eigenvalue weighted by molar-refractivity contribution is 7.91. The van der Waals surface area contributed by atoms with Gasteiger partial charge in [0.25, 0.3) is 0 Å². The molecular formula is C17H20N2O3S. The monoisotopic (exact) mass is 332 g/mol. The number of carbonyl (C=O) groups excluding carboxylic acids is 1. The molecule has 0 bridgehead atoms. The second kappa shape index (κ2) is 7.78. The molecule has 2 aromatic rings. The quantitative estimate of drug-likeness (QED) is 0.853. The van der Waals surface area contributed by atoms with Crippen molar-refractivity contribution in [2.24, 2.45) is 0 Å². The molecular weight excluding hydrogens is 312 g/mol. The summed E-state index contributed by atoms with van der Waals surface area (Å²) >= 11 is 0. The SMILES string of the molecule is CCS(=O)(=O)c1ccc(CNC(=O)NCc2ccccc2)cc1. The summed E-state index contributed by atoms with van der Waals surface area (Å²) in [6.45, 7) is 2.41. The van der Waals surface area contributed by atoms with E-state index in [-0.39, 0.29) is 11.8 Å². The molecule has 0 heterocycles. The van der Waals surface area contributed by atoms with E-state index in [0.29, 0.717) is 18.0 Å². The van der Waals surface area contributed by atoms with Crippen LogP contribution in [0.4, 0.5) is 4.79 Å². The first kappa shape index (κ1) is 17.0. The molecule has 122 valence electrons. The number of urea groups is 1. The van der Waals surface area contributed by atoms with E-state index >= 15 is 0 Å².